The standard InChI is InChI=1S/C26H33NO7S/c1-11-9-25-12(2)7-16-17(24(16,4)5)15(20(25)30)8-14(10-28)19(29)26(25,32)21(11)34-22(31)18-13(3)27-23(33-6)35-18/h8-9,12,15-17,19,21,28-29,32H,7,10H2,1-6H3/t12?,15-,16+,17-,19+,21-,25?,26-/m0/s1. The van der Waals surface area contributed by atoms with E-state index in [9.17, 15) is 24.9 Å². The van der Waals surface area contributed by atoms with Crippen molar-refractivity contribution in [1.82, 2.24) is 4.98 Å². The summed E-state index contributed by atoms with van der Waals surface area (Å²) in [6.07, 6.45) is 1.22. The van der Waals surface area contributed by atoms with Crippen LogP contribution in [0.3, 0.4) is 0 Å². The van der Waals surface area contributed by atoms with Crippen LogP contribution in [0.4, 0.5) is 0 Å². The van der Waals surface area contributed by atoms with Crippen LogP contribution >= 0.6 is 11.3 Å². The van der Waals surface area contributed by atoms with Crippen LogP contribution in [0.2, 0.25) is 0 Å². The fourth-order valence-electron chi connectivity index (χ4n) is 7.40. The quantitative estimate of drug-likeness (QED) is 0.423. The summed E-state index contributed by atoms with van der Waals surface area (Å²) in [4.78, 5) is 32.0. The Morgan fingerprint density at radius 3 is 2.60 bits per heavy atom. The number of esters is 1. The molecule has 0 radical (unpaired) electrons. The van der Waals surface area contributed by atoms with Crippen molar-refractivity contribution in [2.75, 3.05) is 13.7 Å². The Hall–Kier alpha value is -2.07. The molecule has 8 atom stereocenters. The topological polar surface area (TPSA) is 126 Å². The van der Waals surface area contributed by atoms with Crippen molar-refractivity contribution < 1.29 is 34.4 Å². The molecule has 9 heteroatoms. The van der Waals surface area contributed by atoms with Gasteiger partial charge in [-0.2, -0.15) is 0 Å². The second-order valence-corrected chi connectivity index (χ2v) is 12.2. The van der Waals surface area contributed by atoms with Gasteiger partial charge in [-0.05, 0) is 54.6 Å². The second kappa shape index (κ2) is 7.71. The van der Waals surface area contributed by atoms with Gasteiger partial charge in [-0.3, -0.25) is 4.79 Å². The number of methoxy groups -OCH3 is 1. The number of carbonyl (C=O) groups is 2. The summed E-state index contributed by atoms with van der Waals surface area (Å²) in [7, 11) is 1.45. The molecule has 2 bridgehead atoms. The SMILES string of the molecule is COc1nc(C)c(C(=O)O[C@H]2C(C)=CC34C(=O)[C@@H](C=C(CO)[C@@H](O)[C@]23O)[C@H]2[C@@H](CC4C)C2(C)C)s1. The van der Waals surface area contributed by atoms with Crippen molar-refractivity contribution >= 4 is 23.1 Å². The van der Waals surface area contributed by atoms with Crippen LogP contribution in [0.15, 0.2) is 23.3 Å². The molecule has 1 spiro atoms. The predicted molar refractivity (Wildman–Crippen MR) is 128 cm³/mol. The monoisotopic (exact) mass is 503 g/mol. The van der Waals surface area contributed by atoms with Gasteiger partial charge >= 0.3 is 5.97 Å². The lowest BCUT2D eigenvalue weighted by Gasteiger charge is -2.48. The number of rotatable bonds is 4. The lowest BCUT2D eigenvalue weighted by Crippen LogP contribution is -2.65. The fourth-order valence-corrected chi connectivity index (χ4v) is 8.17. The third-order valence-corrected chi connectivity index (χ3v) is 10.4. The van der Waals surface area contributed by atoms with Gasteiger partial charge in [-0.25, -0.2) is 9.78 Å². The highest BCUT2D eigenvalue weighted by atomic mass is 32.1. The van der Waals surface area contributed by atoms with E-state index in [1.807, 2.05) is 6.92 Å². The number of hydrogen-bond acceptors (Lipinski definition) is 9. The van der Waals surface area contributed by atoms with Gasteiger partial charge in [0.2, 0.25) is 0 Å². The third-order valence-electron chi connectivity index (χ3n) is 9.26. The lowest BCUT2D eigenvalue weighted by atomic mass is 9.59. The molecule has 0 saturated heterocycles. The number of thiazole rings is 1. The van der Waals surface area contributed by atoms with Crippen molar-refractivity contribution in [3.05, 3.63) is 33.9 Å². The summed E-state index contributed by atoms with van der Waals surface area (Å²) in [5.74, 6) is -1.41. The summed E-state index contributed by atoms with van der Waals surface area (Å²) >= 11 is 1.03. The van der Waals surface area contributed by atoms with E-state index >= 15 is 0 Å². The first-order chi connectivity index (χ1) is 16.4. The molecule has 0 aromatic carbocycles. The van der Waals surface area contributed by atoms with Crippen molar-refractivity contribution in [3.63, 3.8) is 0 Å². The molecule has 1 aromatic heterocycles. The van der Waals surface area contributed by atoms with E-state index in [0.717, 1.165) is 11.3 Å². The maximum absolute atomic E-state index is 14.3. The smallest absolute Gasteiger partial charge is 0.351 e. The lowest BCUT2D eigenvalue weighted by molar-refractivity contribution is -0.190. The van der Waals surface area contributed by atoms with Crippen molar-refractivity contribution in [3.8, 4) is 5.19 Å². The molecule has 2 fully saturated rings. The molecule has 5 rings (SSSR count). The zero-order valence-corrected chi connectivity index (χ0v) is 21.7. The largest absolute Gasteiger partial charge is 0.473 e. The molecular formula is C26H33NO7S. The molecule has 2 saturated carbocycles. The number of ether oxygens (including phenoxy) is 2. The molecule has 8 nitrogen and oxygen atoms in total. The van der Waals surface area contributed by atoms with Crippen LogP contribution < -0.4 is 4.74 Å². The molecule has 2 unspecified atom stereocenters. The van der Waals surface area contributed by atoms with Crippen molar-refractivity contribution in [2.45, 2.75) is 58.8 Å². The summed E-state index contributed by atoms with van der Waals surface area (Å²) in [6.45, 7) is 9.07. The Morgan fingerprint density at radius 1 is 1.31 bits per heavy atom. The minimum atomic E-state index is -2.16. The number of hydrogen-bond donors (Lipinski definition) is 3. The average Bonchev–Trinajstić information content (AvgIpc) is 3.08. The first-order valence-corrected chi connectivity index (χ1v) is 12.9. The summed E-state index contributed by atoms with van der Waals surface area (Å²) < 4.78 is 11.0. The summed E-state index contributed by atoms with van der Waals surface area (Å²) in [5, 5.41) is 34.5. The maximum Gasteiger partial charge on any atom is 0.351 e. The number of aryl methyl sites for hydroxylation is 1. The van der Waals surface area contributed by atoms with Gasteiger partial charge < -0.3 is 24.8 Å². The van der Waals surface area contributed by atoms with Gasteiger partial charge in [0.05, 0.1) is 24.8 Å². The van der Waals surface area contributed by atoms with E-state index in [0.29, 0.717) is 22.9 Å². The number of carbonyl (C=O) groups excluding carboxylic acids is 2. The minimum Gasteiger partial charge on any atom is -0.473 e. The van der Waals surface area contributed by atoms with Gasteiger partial charge in [0.15, 0.2) is 17.5 Å². The van der Waals surface area contributed by atoms with Gasteiger partial charge in [0, 0.05) is 5.92 Å². The van der Waals surface area contributed by atoms with E-state index < -0.39 is 41.7 Å². The number of fused-ring (bicyclic) bond motifs is 3. The summed E-state index contributed by atoms with van der Waals surface area (Å²) in [5.41, 5.74) is -2.55. The minimum absolute atomic E-state index is 0.0490. The first kappa shape index (κ1) is 24.6. The predicted octanol–water partition coefficient (Wildman–Crippen LogP) is 2.45. The maximum atomic E-state index is 14.3. The Kier molecular flexibility index (Phi) is 5.43. The molecule has 0 amide bonds. The number of Topliss-reactive ketones (excluding diaryl/α,β-unsaturated/α-hetero) is 1. The highest BCUT2D eigenvalue weighted by Crippen LogP contribution is 2.71. The molecule has 3 N–H and O–H groups in total. The Balaban J connectivity index is 1.62. The molecular weight excluding hydrogens is 470 g/mol. The van der Waals surface area contributed by atoms with E-state index in [-0.39, 0.29) is 39.4 Å². The highest BCUT2D eigenvalue weighted by molar-refractivity contribution is 7.15. The first-order valence-electron chi connectivity index (χ1n) is 12.0. The fraction of sp³-hybridized carbons (Fsp3) is 0.654. The second-order valence-electron chi connectivity index (χ2n) is 11.2. The molecule has 190 valence electrons. The van der Waals surface area contributed by atoms with E-state index in [2.05, 4.69) is 18.8 Å². The molecule has 1 aromatic rings. The Labute approximate surface area is 208 Å². The van der Waals surface area contributed by atoms with Crippen LogP contribution in [0.1, 0.15) is 49.5 Å². The van der Waals surface area contributed by atoms with Gasteiger partial charge in [0.25, 0.3) is 5.19 Å². The molecule has 35 heavy (non-hydrogen) atoms. The van der Waals surface area contributed by atoms with Crippen LogP contribution in [-0.4, -0.2) is 63.6 Å². The van der Waals surface area contributed by atoms with Crippen LogP contribution in [-0.2, 0) is 9.53 Å². The van der Waals surface area contributed by atoms with E-state index in [1.54, 1.807) is 26.0 Å². The van der Waals surface area contributed by atoms with Crippen molar-refractivity contribution in [2.24, 2.45) is 34.5 Å². The van der Waals surface area contributed by atoms with Gasteiger partial charge in [-0.1, -0.05) is 44.3 Å². The zero-order chi connectivity index (χ0) is 25.7. The van der Waals surface area contributed by atoms with E-state index in [4.69, 9.17) is 9.47 Å². The molecule has 1 heterocycles. The number of aromatic nitrogens is 1. The number of nitrogens with zero attached hydrogens (tertiary/aromatic N) is 1. The number of allylic oxidation sites excluding steroid dienone is 1. The Morgan fingerprint density at radius 2 is 2.00 bits per heavy atom. The average molecular weight is 504 g/mol. The number of aliphatic hydroxyl groups excluding tert-OH is 2. The van der Waals surface area contributed by atoms with E-state index in [1.165, 1.54) is 7.11 Å². The molecule has 0 aliphatic heterocycles. The van der Waals surface area contributed by atoms with Crippen LogP contribution in [0.25, 0.3) is 0 Å². The highest BCUT2D eigenvalue weighted by Gasteiger charge is 2.76. The number of ketones is 1. The third kappa shape index (κ3) is 2.98. The van der Waals surface area contributed by atoms with Gasteiger partial charge in [0.1, 0.15) is 11.0 Å². The van der Waals surface area contributed by atoms with Crippen LogP contribution in [0.5, 0.6) is 5.19 Å². The molecule has 4 aliphatic rings. The zero-order valence-electron chi connectivity index (χ0n) is 20.9. The van der Waals surface area contributed by atoms with Crippen molar-refractivity contribution in [1.29, 1.82) is 0 Å². The number of aliphatic hydroxyl groups is 3. The summed E-state index contributed by atoms with van der Waals surface area (Å²) in [6, 6.07) is 0. The normalized spacial score (nSPS) is 41.1. The molecule has 4 aliphatic carbocycles. The van der Waals surface area contributed by atoms with Gasteiger partial charge in [-0.15, -0.1) is 0 Å². The van der Waals surface area contributed by atoms with Crippen LogP contribution in [0, 0.1) is 41.4 Å². The Bertz CT molecular complexity index is 1170.